The van der Waals surface area contributed by atoms with E-state index in [0.717, 1.165) is 12.8 Å². The second-order valence-corrected chi connectivity index (χ2v) is 10.2. The summed E-state index contributed by atoms with van der Waals surface area (Å²) in [6, 6.07) is 0. The molecule has 128 valence electrons. The van der Waals surface area contributed by atoms with Gasteiger partial charge in [-0.1, -0.05) is 13.3 Å². The number of hydrogen-bond donors (Lipinski definition) is 0. The topological polar surface area (TPSA) is 36.9 Å². The Kier molecular flexibility index (Phi) is 7.57. The first-order chi connectivity index (χ1) is 9.18. The Bertz CT molecular complexity index is 256. The van der Waals surface area contributed by atoms with Crippen molar-refractivity contribution in [2.24, 2.45) is 0 Å². The van der Waals surface area contributed by atoms with Crippen LogP contribution in [0.3, 0.4) is 0 Å². The Balaban J connectivity index is 5.36. The first-order valence-electron chi connectivity index (χ1n) is 7.92. The van der Waals surface area contributed by atoms with Crippen molar-refractivity contribution in [2.75, 3.05) is 6.61 Å². The average Bonchev–Trinajstić information content (AvgIpc) is 2.08. The maximum absolute atomic E-state index is 6.20. The van der Waals surface area contributed by atoms with Gasteiger partial charge in [-0.3, -0.25) is 0 Å². The molecule has 21 heavy (non-hydrogen) atoms. The molecule has 0 aromatic carbocycles. The molecule has 0 saturated heterocycles. The van der Waals surface area contributed by atoms with Crippen LogP contribution in [0, 0.1) is 0 Å². The zero-order chi connectivity index (χ0) is 16.9. The molecule has 4 nitrogen and oxygen atoms in total. The van der Waals surface area contributed by atoms with Crippen LogP contribution in [0.1, 0.15) is 82.1 Å². The molecule has 0 amide bonds. The predicted octanol–water partition coefficient (Wildman–Crippen LogP) is 4.68. The van der Waals surface area contributed by atoms with Crippen LogP contribution in [-0.4, -0.2) is 32.5 Å². The zero-order valence-electron chi connectivity index (χ0n) is 15.8. The lowest BCUT2D eigenvalue weighted by Gasteiger charge is -2.41. The van der Waals surface area contributed by atoms with E-state index in [0.29, 0.717) is 6.61 Å². The minimum Gasteiger partial charge on any atom is -0.351 e. The largest absolute Gasteiger partial charge is 0.680 e. The second kappa shape index (κ2) is 7.55. The van der Waals surface area contributed by atoms with Gasteiger partial charge in [0.25, 0.3) is 0 Å². The molecule has 0 atom stereocenters. The van der Waals surface area contributed by atoms with Gasteiger partial charge in [-0.05, 0) is 68.7 Å². The van der Waals surface area contributed by atoms with Gasteiger partial charge in [0.15, 0.2) is 0 Å². The molecule has 0 aromatic rings. The quantitative estimate of drug-likeness (QED) is 0.504. The van der Waals surface area contributed by atoms with Crippen molar-refractivity contribution in [3.8, 4) is 0 Å². The van der Waals surface area contributed by atoms with Crippen LogP contribution in [0.25, 0.3) is 0 Å². The van der Waals surface area contributed by atoms with Crippen molar-refractivity contribution in [3.63, 3.8) is 0 Å². The van der Waals surface area contributed by atoms with Gasteiger partial charge in [-0.2, -0.15) is 0 Å². The van der Waals surface area contributed by atoms with Crippen molar-refractivity contribution < 1.29 is 17.7 Å². The molecule has 0 aliphatic rings. The molecule has 0 spiro atoms. The molecule has 0 aromatic heterocycles. The Morgan fingerprint density at radius 3 is 1.24 bits per heavy atom. The van der Waals surface area contributed by atoms with Crippen LogP contribution in [0.2, 0.25) is 0 Å². The molecular formula is C16H36O4Si. The number of unbranched alkanes of at least 4 members (excludes halogenated alkanes) is 1. The summed E-state index contributed by atoms with van der Waals surface area (Å²) in [6.07, 6.45) is 2.02. The Morgan fingerprint density at radius 2 is 1.00 bits per heavy atom. The second-order valence-electron chi connectivity index (χ2n) is 8.35. The summed E-state index contributed by atoms with van der Waals surface area (Å²) in [5.74, 6) is 0. The maximum Gasteiger partial charge on any atom is 0.680 e. The van der Waals surface area contributed by atoms with Gasteiger partial charge in [0.1, 0.15) is 0 Å². The zero-order valence-corrected chi connectivity index (χ0v) is 16.8. The van der Waals surface area contributed by atoms with Crippen molar-refractivity contribution in [3.05, 3.63) is 0 Å². The average molecular weight is 321 g/mol. The highest BCUT2D eigenvalue weighted by atomic mass is 28.4. The Morgan fingerprint density at radius 1 is 0.667 bits per heavy atom. The van der Waals surface area contributed by atoms with Crippen molar-refractivity contribution in [2.45, 2.75) is 98.9 Å². The lowest BCUT2D eigenvalue weighted by Crippen LogP contribution is -2.59. The van der Waals surface area contributed by atoms with Gasteiger partial charge in [0, 0.05) is 6.61 Å². The molecule has 0 bridgehead atoms. The summed E-state index contributed by atoms with van der Waals surface area (Å²) in [4.78, 5) is 0. The van der Waals surface area contributed by atoms with E-state index in [1.165, 1.54) is 0 Å². The molecule has 0 aliphatic carbocycles. The van der Waals surface area contributed by atoms with Crippen LogP contribution in [0.4, 0.5) is 0 Å². The minimum atomic E-state index is -3.24. The van der Waals surface area contributed by atoms with Gasteiger partial charge in [0.2, 0.25) is 0 Å². The molecule has 0 radical (unpaired) electrons. The maximum atomic E-state index is 6.20. The summed E-state index contributed by atoms with van der Waals surface area (Å²) >= 11 is 0. The molecule has 5 heteroatoms. The summed E-state index contributed by atoms with van der Waals surface area (Å²) in [6.45, 7) is 20.7. The van der Waals surface area contributed by atoms with E-state index in [9.17, 15) is 0 Å². The van der Waals surface area contributed by atoms with E-state index >= 15 is 0 Å². The highest BCUT2D eigenvalue weighted by molar-refractivity contribution is 6.54. The van der Waals surface area contributed by atoms with Gasteiger partial charge < -0.3 is 17.7 Å². The number of hydrogen-bond acceptors (Lipinski definition) is 4. The summed E-state index contributed by atoms with van der Waals surface area (Å²) in [5, 5.41) is 0. The van der Waals surface area contributed by atoms with Crippen molar-refractivity contribution in [1.29, 1.82) is 0 Å². The fraction of sp³-hybridized carbons (Fsp3) is 1.00. The third kappa shape index (κ3) is 11.3. The fourth-order valence-corrected chi connectivity index (χ4v) is 4.56. The van der Waals surface area contributed by atoms with Crippen molar-refractivity contribution in [1.82, 2.24) is 0 Å². The first kappa shape index (κ1) is 21.1. The van der Waals surface area contributed by atoms with Crippen LogP contribution in [-0.2, 0) is 17.7 Å². The summed E-state index contributed by atoms with van der Waals surface area (Å²) < 4.78 is 24.7. The number of rotatable bonds is 7. The molecule has 0 saturated carbocycles. The third-order valence-corrected chi connectivity index (χ3v) is 5.22. The van der Waals surface area contributed by atoms with E-state index in [2.05, 4.69) is 6.92 Å². The lowest BCUT2D eigenvalue weighted by atomic mass is 10.2. The van der Waals surface area contributed by atoms with E-state index < -0.39 is 25.9 Å². The molecule has 0 N–H and O–H groups in total. The lowest BCUT2D eigenvalue weighted by molar-refractivity contribution is -0.134. The van der Waals surface area contributed by atoms with E-state index in [-0.39, 0.29) is 0 Å². The van der Waals surface area contributed by atoms with Crippen LogP contribution < -0.4 is 0 Å². The first-order valence-corrected chi connectivity index (χ1v) is 9.56. The standard InChI is InChI=1S/C16H36O4Si/c1-11-12-13-17-21(18-14(2,3)4,19-15(5,6)7)20-16(8,9)10/h11-13H2,1-10H3. The summed E-state index contributed by atoms with van der Waals surface area (Å²) in [5.41, 5.74) is -1.18. The fourth-order valence-electron chi connectivity index (χ4n) is 1.62. The molecule has 0 unspecified atom stereocenters. The third-order valence-electron chi connectivity index (χ3n) is 2.07. The normalized spacial score (nSPS) is 14.6. The monoisotopic (exact) mass is 320 g/mol. The smallest absolute Gasteiger partial charge is 0.351 e. The Hall–Kier alpha value is 0.0569. The van der Waals surface area contributed by atoms with Gasteiger partial charge in [-0.15, -0.1) is 0 Å². The highest BCUT2D eigenvalue weighted by Gasteiger charge is 2.54. The Labute approximate surface area is 133 Å². The van der Waals surface area contributed by atoms with Gasteiger partial charge >= 0.3 is 9.05 Å². The van der Waals surface area contributed by atoms with Crippen LogP contribution in [0.15, 0.2) is 0 Å². The molecule has 0 fully saturated rings. The molecule has 0 heterocycles. The van der Waals surface area contributed by atoms with Gasteiger partial charge in [0.05, 0.1) is 16.8 Å². The summed E-state index contributed by atoms with van der Waals surface area (Å²) in [7, 11) is -3.24. The van der Waals surface area contributed by atoms with E-state index in [4.69, 9.17) is 17.7 Å². The predicted molar refractivity (Wildman–Crippen MR) is 89.1 cm³/mol. The van der Waals surface area contributed by atoms with E-state index in [1.54, 1.807) is 0 Å². The van der Waals surface area contributed by atoms with E-state index in [1.807, 2.05) is 62.3 Å². The SMILES string of the molecule is CCCCO[Si](OC(C)(C)C)(OC(C)(C)C)OC(C)(C)C. The van der Waals surface area contributed by atoms with Crippen LogP contribution >= 0.6 is 0 Å². The molecular weight excluding hydrogens is 284 g/mol. The molecule has 0 rings (SSSR count). The van der Waals surface area contributed by atoms with Gasteiger partial charge in [-0.25, -0.2) is 0 Å². The van der Waals surface area contributed by atoms with Crippen molar-refractivity contribution >= 4 is 9.05 Å². The van der Waals surface area contributed by atoms with Crippen LogP contribution in [0.5, 0.6) is 0 Å². The molecule has 0 aliphatic heterocycles. The highest BCUT2D eigenvalue weighted by Crippen LogP contribution is 2.29. The minimum absolute atomic E-state index is 0.394.